The van der Waals surface area contributed by atoms with Crippen LogP contribution < -0.4 is 4.74 Å². The average molecular weight is 493 g/mol. The summed E-state index contributed by atoms with van der Waals surface area (Å²) in [6.07, 6.45) is 6.52. The van der Waals surface area contributed by atoms with Gasteiger partial charge < -0.3 is 19.3 Å². The number of phenolic OH excluding ortho intramolecular Hbond substituents is 1. The Balaban J connectivity index is 2.15. The van der Waals surface area contributed by atoms with Crippen LogP contribution in [0.3, 0.4) is 0 Å². The van der Waals surface area contributed by atoms with E-state index in [-0.39, 0.29) is 47.0 Å². The molecule has 1 aromatic carbocycles. The van der Waals surface area contributed by atoms with Gasteiger partial charge in [-0.3, -0.25) is 9.59 Å². The lowest BCUT2D eigenvalue weighted by molar-refractivity contribution is -0.142. The molecule has 1 saturated heterocycles. The van der Waals surface area contributed by atoms with E-state index in [0.29, 0.717) is 23.8 Å². The number of ether oxygens (including phenoxy) is 3. The molecule has 186 valence electrons. The van der Waals surface area contributed by atoms with Crippen molar-refractivity contribution in [3.63, 3.8) is 0 Å². The van der Waals surface area contributed by atoms with Crippen LogP contribution in [0.5, 0.6) is 11.5 Å². The Morgan fingerprint density at radius 3 is 2.53 bits per heavy atom. The summed E-state index contributed by atoms with van der Waals surface area (Å²) in [5.74, 6) is -0.554. The third kappa shape index (κ3) is 6.48. The van der Waals surface area contributed by atoms with Crippen LogP contribution in [0.15, 0.2) is 23.3 Å². The molecule has 1 aromatic rings. The largest absolute Gasteiger partial charge is 0.507 e. The number of carbonyl (C=O) groups excluding carboxylic acids is 3. The predicted octanol–water partition coefficient (Wildman–Crippen LogP) is 5.07. The zero-order valence-corrected chi connectivity index (χ0v) is 21.4. The fourth-order valence-electron chi connectivity index (χ4n) is 3.71. The minimum Gasteiger partial charge on any atom is -0.507 e. The number of Topliss-reactive ketones (excluding diaryl/α,β-unsaturated/α-hetero) is 1. The molecule has 8 heteroatoms. The number of aromatic hydroxyl groups is 1. The molecule has 1 aliphatic rings. The van der Waals surface area contributed by atoms with E-state index in [1.54, 1.807) is 20.8 Å². The lowest BCUT2D eigenvalue weighted by Crippen LogP contribution is -2.27. The van der Waals surface area contributed by atoms with Crippen LogP contribution in [0.2, 0.25) is 5.02 Å². The molecule has 0 aromatic heterocycles. The van der Waals surface area contributed by atoms with Crippen LogP contribution >= 0.6 is 11.6 Å². The number of methoxy groups -OCH3 is 1. The van der Waals surface area contributed by atoms with Gasteiger partial charge in [0.2, 0.25) is 0 Å². The number of esters is 1. The summed E-state index contributed by atoms with van der Waals surface area (Å²) in [6, 6.07) is 0. The minimum atomic E-state index is -0.735. The molecule has 2 rings (SSSR count). The van der Waals surface area contributed by atoms with Crippen molar-refractivity contribution in [3.05, 3.63) is 45.0 Å². The van der Waals surface area contributed by atoms with Gasteiger partial charge in [0, 0.05) is 12.0 Å². The van der Waals surface area contributed by atoms with E-state index in [9.17, 15) is 19.5 Å². The van der Waals surface area contributed by atoms with E-state index in [1.165, 1.54) is 7.11 Å². The number of aldehydes is 1. The number of carbonyl (C=O) groups is 3. The maximum Gasteiger partial charge on any atom is 0.343 e. The summed E-state index contributed by atoms with van der Waals surface area (Å²) < 4.78 is 16.0. The second-order valence-electron chi connectivity index (χ2n) is 8.98. The fraction of sp³-hybridized carbons (Fsp3) is 0.500. The summed E-state index contributed by atoms with van der Waals surface area (Å²) >= 11 is 6.40. The van der Waals surface area contributed by atoms with E-state index in [0.717, 1.165) is 24.0 Å². The molecular formula is C26H33ClO7. The topological polar surface area (TPSA) is 99.1 Å². The van der Waals surface area contributed by atoms with Crippen LogP contribution in [-0.2, 0) is 25.5 Å². The third-order valence-electron chi connectivity index (χ3n) is 6.07. The Kier molecular flexibility index (Phi) is 9.47. The first kappa shape index (κ1) is 27.6. The van der Waals surface area contributed by atoms with E-state index in [2.05, 4.69) is 10.8 Å². The van der Waals surface area contributed by atoms with Crippen LogP contribution in [-0.4, -0.2) is 48.6 Å². The molecule has 1 N–H and O–H groups in total. The second kappa shape index (κ2) is 11.7. The first-order valence-corrected chi connectivity index (χ1v) is 11.5. The Morgan fingerprint density at radius 2 is 1.97 bits per heavy atom. The van der Waals surface area contributed by atoms with E-state index in [4.69, 9.17) is 21.1 Å². The fourth-order valence-corrected chi connectivity index (χ4v) is 3.98. The van der Waals surface area contributed by atoms with Gasteiger partial charge >= 0.3 is 5.97 Å². The molecule has 0 saturated carbocycles. The SMILES string of the molecule is COC(=O)COc1c(Cl)c(C)c(C=O)c(O)c1C/C=C(\C)CC/C=C(\C)C1CC(=O)C(C)(C)O1. The second-order valence-corrected chi connectivity index (χ2v) is 9.36. The molecule has 1 unspecified atom stereocenters. The number of hydrogen-bond acceptors (Lipinski definition) is 7. The highest BCUT2D eigenvalue weighted by molar-refractivity contribution is 6.33. The van der Waals surface area contributed by atoms with Crippen molar-refractivity contribution in [1.82, 2.24) is 0 Å². The Morgan fingerprint density at radius 1 is 1.29 bits per heavy atom. The van der Waals surface area contributed by atoms with Gasteiger partial charge in [0.15, 0.2) is 18.7 Å². The Bertz CT molecular complexity index is 1020. The monoisotopic (exact) mass is 492 g/mol. The predicted molar refractivity (Wildman–Crippen MR) is 130 cm³/mol. The molecule has 0 spiro atoms. The highest BCUT2D eigenvalue weighted by Crippen LogP contribution is 2.41. The van der Waals surface area contributed by atoms with Crippen molar-refractivity contribution >= 4 is 29.6 Å². The number of rotatable bonds is 10. The highest BCUT2D eigenvalue weighted by atomic mass is 35.5. The van der Waals surface area contributed by atoms with Crippen LogP contribution in [0.25, 0.3) is 0 Å². The van der Waals surface area contributed by atoms with Crippen molar-refractivity contribution in [1.29, 1.82) is 0 Å². The van der Waals surface area contributed by atoms with Gasteiger partial charge in [0.25, 0.3) is 0 Å². The summed E-state index contributed by atoms with van der Waals surface area (Å²) in [7, 11) is 1.24. The molecule has 0 bridgehead atoms. The van der Waals surface area contributed by atoms with Crippen molar-refractivity contribution in [2.45, 2.75) is 72.0 Å². The molecular weight excluding hydrogens is 460 g/mol. The Hall–Kier alpha value is -2.64. The van der Waals surface area contributed by atoms with Gasteiger partial charge in [-0.1, -0.05) is 29.3 Å². The summed E-state index contributed by atoms with van der Waals surface area (Å²) in [4.78, 5) is 35.0. The van der Waals surface area contributed by atoms with Crippen molar-refractivity contribution in [2.75, 3.05) is 13.7 Å². The van der Waals surface area contributed by atoms with Gasteiger partial charge in [-0.25, -0.2) is 4.79 Å². The highest BCUT2D eigenvalue weighted by Gasteiger charge is 2.40. The molecule has 0 radical (unpaired) electrons. The molecule has 0 aliphatic carbocycles. The van der Waals surface area contributed by atoms with Gasteiger partial charge in [0.1, 0.15) is 17.1 Å². The maximum atomic E-state index is 12.0. The average Bonchev–Trinajstić information content (AvgIpc) is 3.06. The van der Waals surface area contributed by atoms with Crippen molar-refractivity contribution in [2.24, 2.45) is 0 Å². The van der Waals surface area contributed by atoms with Gasteiger partial charge in [-0.05, 0) is 65.0 Å². The molecule has 1 aliphatic heterocycles. The molecule has 1 fully saturated rings. The first-order valence-electron chi connectivity index (χ1n) is 11.1. The quantitative estimate of drug-likeness (QED) is 0.276. The zero-order valence-electron chi connectivity index (χ0n) is 20.6. The lowest BCUT2D eigenvalue weighted by Gasteiger charge is -2.18. The number of hydrogen-bond donors (Lipinski definition) is 1. The maximum absolute atomic E-state index is 12.0. The number of halogens is 1. The summed E-state index contributed by atoms with van der Waals surface area (Å²) in [6.45, 7) is 8.74. The van der Waals surface area contributed by atoms with Gasteiger partial charge in [-0.2, -0.15) is 0 Å². The van der Waals surface area contributed by atoms with Crippen LogP contribution in [0, 0.1) is 6.92 Å². The molecule has 34 heavy (non-hydrogen) atoms. The molecule has 7 nitrogen and oxygen atoms in total. The first-order chi connectivity index (χ1) is 15.9. The summed E-state index contributed by atoms with van der Waals surface area (Å²) in [5, 5.41) is 10.8. The molecule has 1 heterocycles. The third-order valence-corrected chi connectivity index (χ3v) is 6.53. The number of benzene rings is 1. The normalized spacial score (nSPS) is 18.2. The van der Waals surface area contributed by atoms with Crippen LogP contribution in [0.4, 0.5) is 0 Å². The number of ketones is 1. The van der Waals surface area contributed by atoms with Gasteiger partial charge in [0.05, 0.1) is 23.8 Å². The molecule has 0 amide bonds. The van der Waals surface area contributed by atoms with E-state index in [1.807, 2.05) is 19.9 Å². The number of phenols is 1. The molecule has 1 atom stereocenters. The van der Waals surface area contributed by atoms with Crippen molar-refractivity contribution in [3.8, 4) is 11.5 Å². The number of allylic oxidation sites excluding steroid dienone is 3. The van der Waals surface area contributed by atoms with Crippen LogP contribution in [0.1, 0.15) is 68.4 Å². The Labute approximate surface area is 205 Å². The van der Waals surface area contributed by atoms with Crippen molar-refractivity contribution < 1.29 is 33.7 Å². The van der Waals surface area contributed by atoms with Gasteiger partial charge in [-0.15, -0.1) is 0 Å². The minimum absolute atomic E-state index is 0.0871. The van der Waals surface area contributed by atoms with E-state index < -0.39 is 11.6 Å². The smallest absolute Gasteiger partial charge is 0.343 e. The summed E-state index contributed by atoms with van der Waals surface area (Å²) in [5.41, 5.74) is 2.13. The van der Waals surface area contributed by atoms with E-state index >= 15 is 0 Å². The standard InChI is InChI=1S/C26H33ClO7/c1-15(8-7-9-16(2)20-12-21(29)26(4,5)34-20)10-11-18-24(31)19(13-28)17(3)23(27)25(18)33-14-22(30)32-6/h9-10,13,20,31H,7-8,11-12,14H2,1-6H3/b15-10+,16-9+. The lowest BCUT2D eigenvalue weighted by atomic mass is 9.98. The zero-order chi connectivity index (χ0) is 25.6.